The summed E-state index contributed by atoms with van der Waals surface area (Å²) >= 11 is 0. The number of nitrogens with one attached hydrogen (secondary N) is 2. The highest BCUT2D eigenvalue weighted by Gasteiger charge is 2.42. The molecule has 1 aliphatic rings. The maximum atomic E-state index is 11.9. The molecule has 19 heavy (non-hydrogen) atoms. The Morgan fingerprint density at radius 2 is 1.95 bits per heavy atom. The Hall–Kier alpha value is -0.820. The lowest BCUT2D eigenvalue weighted by Crippen LogP contribution is -2.43. The molecule has 0 aromatic rings. The van der Waals surface area contributed by atoms with Crippen molar-refractivity contribution in [2.24, 2.45) is 11.3 Å². The van der Waals surface area contributed by atoms with Gasteiger partial charge < -0.3 is 4.84 Å². The molecule has 2 N–H and O–H groups in total. The van der Waals surface area contributed by atoms with Gasteiger partial charge in [-0.3, -0.25) is 0 Å². The molecule has 112 valence electrons. The van der Waals surface area contributed by atoms with Gasteiger partial charge in [0.25, 0.3) is 0 Å². The summed E-state index contributed by atoms with van der Waals surface area (Å²) in [6, 6.07) is 0.0249. The molecule has 0 heterocycles. The molecule has 0 spiro atoms. The van der Waals surface area contributed by atoms with Gasteiger partial charge in [-0.2, -0.15) is 13.2 Å². The van der Waals surface area contributed by atoms with Crippen LogP contribution in [0.2, 0.25) is 0 Å². The molecule has 0 bridgehead atoms. The molecule has 2 unspecified atom stereocenters. The first-order valence-corrected chi connectivity index (χ1v) is 6.45. The van der Waals surface area contributed by atoms with Crippen LogP contribution in [0, 0.1) is 11.3 Å². The summed E-state index contributed by atoms with van der Waals surface area (Å²) in [6.07, 6.45) is -1.19. The number of carbonyl (C=O) groups is 1. The molecule has 0 saturated heterocycles. The molecule has 7 heteroatoms. The number of hydrogen-bond acceptors (Lipinski definition) is 4. The Kier molecular flexibility index (Phi) is 5.20. The minimum atomic E-state index is -4.98. The van der Waals surface area contributed by atoms with Crippen LogP contribution in [-0.4, -0.2) is 18.2 Å². The Morgan fingerprint density at radius 1 is 1.32 bits per heavy atom. The van der Waals surface area contributed by atoms with E-state index in [-0.39, 0.29) is 11.5 Å². The van der Waals surface area contributed by atoms with Gasteiger partial charge >= 0.3 is 12.1 Å². The van der Waals surface area contributed by atoms with E-state index >= 15 is 0 Å². The van der Waals surface area contributed by atoms with E-state index in [4.69, 9.17) is 0 Å². The van der Waals surface area contributed by atoms with Gasteiger partial charge in [0.1, 0.15) is 0 Å². The summed E-state index contributed by atoms with van der Waals surface area (Å²) in [5.41, 5.74) is 4.74. The summed E-state index contributed by atoms with van der Waals surface area (Å²) in [5.74, 6) is -1.72. The summed E-state index contributed by atoms with van der Waals surface area (Å²) in [5, 5.41) is 0. The lowest BCUT2D eigenvalue weighted by atomic mass is 9.76. The topological polar surface area (TPSA) is 50.4 Å². The minimum absolute atomic E-state index is 0.0249. The van der Waals surface area contributed by atoms with E-state index in [1.807, 2.05) is 5.59 Å². The van der Waals surface area contributed by atoms with E-state index in [1.165, 1.54) is 0 Å². The quantitative estimate of drug-likeness (QED) is 0.761. The van der Waals surface area contributed by atoms with Crippen molar-refractivity contribution in [2.45, 2.75) is 58.7 Å². The molecule has 0 aromatic carbocycles. The third-order valence-corrected chi connectivity index (χ3v) is 4.09. The molecule has 0 amide bonds. The van der Waals surface area contributed by atoms with Crippen LogP contribution in [0.3, 0.4) is 0 Å². The average molecular weight is 282 g/mol. The van der Waals surface area contributed by atoms with E-state index in [0.29, 0.717) is 5.92 Å². The van der Waals surface area contributed by atoms with Gasteiger partial charge in [-0.05, 0) is 30.6 Å². The van der Waals surface area contributed by atoms with Crippen molar-refractivity contribution in [1.29, 1.82) is 0 Å². The predicted octanol–water partition coefficient (Wildman–Crippen LogP) is 2.71. The smallest absolute Gasteiger partial charge is 0.348 e. The van der Waals surface area contributed by atoms with Crippen molar-refractivity contribution in [3.8, 4) is 0 Å². The van der Waals surface area contributed by atoms with E-state index in [2.05, 4.69) is 31.0 Å². The van der Waals surface area contributed by atoms with Crippen molar-refractivity contribution in [2.75, 3.05) is 0 Å². The minimum Gasteiger partial charge on any atom is -0.348 e. The summed E-state index contributed by atoms with van der Waals surface area (Å²) in [4.78, 5) is 14.3. The van der Waals surface area contributed by atoms with Crippen molar-refractivity contribution in [3.05, 3.63) is 0 Å². The number of hydrogen-bond donors (Lipinski definition) is 2. The maximum Gasteiger partial charge on any atom is 0.492 e. The molecule has 1 fully saturated rings. The third-order valence-electron chi connectivity index (χ3n) is 4.09. The van der Waals surface area contributed by atoms with Crippen LogP contribution in [0.1, 0.15) is 46.5 Å². The number of alkyl halides is 3. The molecular weight excluding hydrogens is 261 g/mol. The van der Waals surface area contributed by atoms with Crippen molar-refractivity contribution < 1.29 is 22.8 Å². The van der Waals surface area contributed by atoms with Crippen molar-refractivity contribution in [3.63, 3.8) is 0 Å². The molecule has 0 aromatic heterocycles. The summed E-state index contributed by atoms with van der Waals surface area (Å²) in [7, 11) is 0. The Bertz CT molecular complexity index is 319. The van der Waals surface area contributed by atoms with Gasteiger partial charge in [-0.1, -0.05) is 32.8 Å². The largest absolute Gasteiger partial charge is 0.492 e. The molecule has 1 saturated carbocycles. The van der Waals surface area contributed by atoms with Gasteiger partial charge in [0.15, 0.2) is 0 Å². The first-order chi connectivity index (χ1) is 8.66. The molecule has 1 rings (SSSR count). The third kappa shape index (κ3) is 4.65. The van der Waals surface area contributed by atoms with Crippen LogP contribution < -0.4 is 11.0 Å². The fourth-order valence-electron chi connectivity index (χ4n) is 2.33. The van der Waals surface area contributed by atoms with Gasteiger partial charge in [0.05, 0.1) is 0 Å². The second-order valence-electron chi connectivity index (χ2n) is 5.68. The number of hydrazine groups is 1. The molecular formula is C12H21F3N2O2. The number of carbonyl (C=O) groups excluding carboxylic acids is 1. The molecule has 0 aliphatic heterocycles. The van der Waals surface area contributed by atoms with Gasteiger partial charge in [0.2, 0.25) is 0 Å². The van der Waals surface area contributed by atoms with Crippen LogP contribution in [0.15, 0.2) is 0 Å². The Labute approximate surface area is 111 Å². The summed E-state index contributed by atoms with van der Waals surface area (Å²) in [6.45, 7) is 6.51. The Morgan fingerprint density at radius 3 is 2.47 bits per heavy atom. The zero-order valence-corrected chi connectivity index (χ0v) is 11.4. The molecule has 2 atom stereocenters. The van der Waals surface area contributed by atoms with Gasteiger partial charge in [-0.25, -0.2) is 10.2 Å². The van der Waals surface area contributed by atoms with Crippen molar-refractivity contribution >= 4 is 5.97 Å². The van der Waals surface area contributed by atoms with Crippen LogP contribution in [0.4, 0.5) is 13.2 Å². The zero-order valence-electron chi connectivity index (χ0n) is 11.4. The number of rotatable bonds is 5. The normalized spacial score (nSPS) is 24.5. The van der Waals surface area contributed by atoms with Gasteiger partial charge in [-0.15, -0.1) is 0 Å². The highest BCUT2D eigenvalue weighted by molar-refractivity contribution is 5.75. The predicted molar refractivity (Wildman–Crippen MR) is 63.6 cm³/mol. The Balaban J connectivity index is 2.29. The van der Waals surface area contributed by atoms with Crippen LogP contribution >= 0.6 is 0 Å². The highest BCUT2D eigenvalue weighted by atomic mass is 19.4. The first kappa shape index (κ1) is 16.2. The molecule has 0 radical (unpaired) electrons. The van der Waals surface area contributed by atoms with E-state index in [0.717, 1.165) is 25.7 Å². The van der Waals surface area contributed by atoms with Crippen LogP contribution in [0.5, 0.6) is 0 Å². The van der Waals surface area contributed by atoms with Crippen molar-refractivity contribution in [1.82, 2.24) is 11.0 Å². The second kappa shape index (κ2) is 6.09. The zero-order chi connectivity index (χ0) is 14.7. The molecule has 4 nitrogen and oxygen atoms in total. The molecule has 1 aliphatic carbocycles. The standard InChI is InChI=1S/C12H21F3N2O2/c1-4-11(2,3)8-5-6-9(7-8)16-17-19-10(18)12(13,14)15/h8-9,16-17H,4-7H2,1-3H3. The lowest BCUT2D eigenvalue weighted by Gasteiger charge is -2.30. The fourth-order valence-corrected chi connectivity index (χ4v) is 2.33. The fraction of sp³-hybridized carbons (Fsp3) is 0.917. The lowest BCUT2D eigenvalue weighted by molar-refractivity contribution is -0.209. The van der Waals surface area contributed by atoms with E-state index in [1.54, 1.807) is 0 Å². The number of halogens is 3. The monoisotopic (exact) mass is 282 g/mol. The first-order valence-electron chi connectivity index (χ1n) is 6.45. The van der Waals surface area contributed by atoms with Crippen LogP contribution in [-0.2, 0) is 9.63 Å². The SMILES string of the molecule is CCC(C)(C)C1CCC(NNOC(=O)C(F)(F)F)C1. The second-order valence-corrected chi connectivity index (χ2v) is 5.68. The highest BCUT2D eigenvalue weighted by Crippen LogP contribution is 2.41. The van der Waals surface area contributed by atoms with E-state index < -0.39 is 12.1 Å². The van der Waals surface area contributed by atoms with E-state index in [9.17, 15) is 18.0 Å². The summed E-state index contributed by atoms with van der Waals surface area (Å²) < 4.78 is 35.6. The maximum absolute atomic E-state index is 11.9. The average Bonchev–Trinajstić information content (AvgIpc) is 2.77. The van der Waals surface area contributed by atoms with Crippen LogP contribution in [0.25, 0.3) is 0 Å². The van der Waals surface area contributed by atoms with Gasteiger partial charge in [0, 0.05) is 6.04 Å².